The number of sulfone groups is 1. The van der Waals surface area contributed by atoms with Crippen LogP contribution >= 0.6 is 0 Å². The second kappa shape index (κ2) is 4.42. The van der Waals surface area contributed by atoms with Gasteiger partial charge in [0.15, 0.2) is 9.84 Å². The van der Waals surface area contributed by atoms with E-state index in [0.29, 0.717) is 19.3 Å². The Kier molecular flexibility index (Phi) is 3.27. The molecule has 4 heteroatoms. The molecule has 1 aliphatic rings. The van der Waals surface area contributed by atoms with Gasteiger partial charge in [-0.15, -0.1) is 0 Å². The molecule has 0 radical (unpaired) electrons. The molecule has 94 valence electrons. The lowest BCUT2D eigenvalue weighted by Crippen LogP contribution is -2.44. The third-order valence-corrected chi connectivity index (χ3v) is 5.25. The molecule has 0 aliphatic carbocycles. The van der Waals surface area contributed by atoms with Gasteiger partial charge in [-0.25, -0.2) is 8.42 Å². The quantitative estimate of drug-likeness (QED) is 0.869. The van der Waals surface area contributed by atoms with Crippen LogP contribution in [0.5, 0.6) is 0 Å². The van der Waals surface area contributed by atoms with E-state index in [1.807, 2.05) is 31.2 Å². The molecule has 0 spiro atoms. The van der Waals surface area contributed by atoms with E-state index in [0.717, 1.165) is 11.1 Å². The zero-order chi connectivity index (χ0) is 12.5. The second-order valence-corrected chi connectivity index (χ2v) is 7.21. The number of aliphatic hydroxyl groups is 1. The Balaban J connectivity index is 2.20. The van der Waals surface area contributed by atoms with E-state index in [1.54, 1.807) is 0 Å². The molecule has 3 nitrogen and oxygen atoms in total. The van der Waals surface area contributed by atoms with Crippen molar-refractivity contribution in [2.24, 2.45) is 0 Å². The van der Waals surface area contributed by atoms with Crippen LogP contribution in [-0.4, -0.2) is 30.6 Å². The third kappa shape index (κ3) is 3.07. The van der Waals surface area contributed by atoms with Gasteiger partial charge in [0.25, 0.3) is 0 Å². The maximum absolute atomic E-state index is 11.6. The molecule has 0 bridgehead atoms. The fraction of sp³-hybridized carbons (Fsp3) is 0.538. The van der Waals surface area contributed by atoms with Crippen molar-refractivity contribution in [3.8, 4) is 0 Å². The van der Waals surface area contributed by atoms with Crippen LogP contribution in [0.3, 0.4) is 0 Å². The van der Waals surface area contributed by atoms with Crippen LogP contribution < -0.4 is 0 Å². The number of aryl methyl sites for hydroxylation is 1. The Hall–Kier alpha value is -0.870. The van der Waals surface area contributed by atoms with Crippen LogP contribution in [0.25, 0.3) is 0 Å². The summed E-state index contributed by atoms with van der Waals surface area (Å²) in [6, 6.07) is 7.80. The van der Waals surface area contributed by atoms with Crippen molar-refractivity contribution in [2.75, 3.05) is 11.5 Å². The van der Waals surface area contributed by atoms with Gasteiger partial charge in [-0.2, -0.15) is 0 Å². The van der Waals surface area contributed by atoms with E-state index in [9.17, 15) is 13.5 Å². The van der Waals surface area contributed by atoms with E-state index in [1.165, 1.54) is 0 Å². The molecule has 1 N–H and O–H groups in total. The molecule has 1 saturated heterocycles. The Morgan fingerprint density at radius 2 is 2.06 bits per heavy atom. The first-order chi connectivity index (χ1) is 7.90. The molecular formula is C13H18O3S. The summed E-state index contributed by atoms with van der Waals surface area (Å²) in [6.45, 7) is 1.98. The highest BCUT2D eigenvalue weighted by molar-refractivity contribution is 7.91. The molecule has 1 aliphatic heterocycles. The Bertz CT molecular complexity index is 507. The van der Waals surface area contributed by atoms with Crippen molar-refractivity contribution in [1.29, 1.82) is 0 Å². The first-order valence-electron chi connectivity index (χ1n) is 5.88. The number of benzene rings is 1. The van der Waals surface area contributed by atoms with Crippen LogP contribution in [0, 0.1) is 6.92 Å². The topological polar surface area (TPSA) is 54.4 Å². The summed E-state index contributed by atoms with van der Waals surface area (Å²) >= 11 is 0. The van der Waals surface area contributed by atoms with Crippen LogP contribution in [0.1, 0.15) is 24.0 Å². The van der Waals surface area contributed by atoms with Gasteiger partial charge in [0.1, 0.15) is 0 Å². The molecule has 1 heterocycles. The minimum Gasteiger partial charge on any atom is -0.388 e. The molecule has 0 aromatic heterocycles. The van der Waals surface area contributed by atoms with Crippen LogP contribution in [-0.2, 0) is 16.3 Å². The average Bonchev–Trinajstić information content (AvgIpc) is 2.19. The molecule has 1 aromatic carbocycles. The molecule has 1 atom stereocenters. The van der Waals surface area contributed by atoms with E-state index < -0.39 is 15.4 Å². The highest BCUT2D eigenvalue weighted by atomic mass is 32.2. The van der Waals surface area contributed by atoms with Gasteiger partial charge in [0.05, 0.1) is 17.1 Å². The zero-order valence-electron chi connectivity index (χ0n) is 10.0. The fourth-order valence-corrected chi connectivity index (χ4v) is 4.27. The molecule has 1 aromatic rings. The first-order valence-corrected chi connectivity index (χ1v) is 7.70. The molecular weight excluding hydrogens is 236 g/mol. The van der Waals surface area contributed by atoms with E-state index >= 15 is 0 Å². The van der Waals surface area contributed by atoms with E-state index in [-0.39, 0.29) is 11.5 Å². The molecule has 1 unspecified atom stereocenters. The number of hydrogen-bond acceptors (Lipinski definition) is 3. The SMILES string of the molecule is Cc1ccccc1CC1(O)CCCS(=O)(=O)C1. The standard InChI is InChI=1S/C13H18O3S/c1-11-5-2-3-6-12(11)9-13(14)7-4-8-17(15,16)10-13/h2-3,5-6,14H,4,7-10H2,1H3. The van der Waals surface area contributed by atoms with Crippen molar-refractivity contribution in [1.82, 2.24) is 0 Å². The maximum Gasteiger partial charge on any atom is 0.153 e. The third-order valence-electron chi connectivity index (χ3n) is 3.37. The summed E-state index contributed by atoms with van der Waals surface area (Å²) in [4.78, 5) is 0. The van der Waals surface area contributed by atoms with Gasteiger partial charge in [0.2, 0.25) is 0 Å². The first kappa shape index (κ1) is 12.6. The smallest absolute Gasteiger partial charge is 0.153 e. The van der Waals surface area contributed by atoms with Gasteiger partial charge in [-0.05, 0) is 30.9 Å². The lowest BCUT2D eigenvalue weighted by molar-refractivity contribution is 0.0501. The van der Waals surface area contributed by atoms with Gasteiger partial charge in [0, 0.05) is 6.42 Å². The predicted molar refractivity (Wildman–Crippen MR) is 67.7 cm³/mol. The van der Waals surface area contributed by atoms with Crippen molar-refractivity contribution in [2.45, 2.75) is 31.8 Å². The van der Waals surface area contributed by atoms with Gasteiger partial charge >= 0.3 is 0 Å². The van der Waals surface area contributed by atoms with Crippen molar-refractivity contribution in [3.05, 3.63) is 35.4 Å². The van der Waals surface area contributed by atoms with E-state index in [4.69, 9.17) is 0 Å². The number of rotatable bonds is 2. The Labute approximate surface area is 102 Å². The maximum atomic E-state index is 11.6. The van der Waals surface area contributed by atoms with Crippen molar-refractivity contribution >= 4 is 9.84 Å². The Morgan fingerprint density at radius 1 is 1.35 bits per heavy atom. The summed E-state index contributed by atoms with van der Waals surface area (Å²) in [6.07, 6.45) is 1.56. The zero-order valence-corrected chi connectivity index (χ0v) is 10.8. The predicted octanol–water partition coefficient (Wildman–Crippen LogP) is 1.48. The lowest BCUT2D eigenvalue weighted by atomic mass is 9.90. The summed E-state index contributed by atoms with van der Waals surface area (Å²) in [7, 11) is -3.07. The highest BCUT2D eigenvalue weighted by Gasteiger charge is 2.37. The minimum atomic E-state index is -3.07. The molecule has 1 fully saturated rings. The molecule has 0 saturated carbocycles. The normalized spacial score (nSPS) is 27.9. The lowest BCUT2D eigenvalue weighted by Gasteiger charge is -2.32. The summed E-state index contributed by atoms with van der Waals surface area (Å²) in [5.41, 5.74) is 1.06. The van der Waals surface area contributed by atoms with Crippen molar-refractivity contribution < 1.29 is 13.5 Å². The van der Waals surface area contributed by atoms with Crippen LogP contribution in [0.15, 0.2) is 24.3 Å². The molecule has 0 amide bonds. The van der Waals surface area contributed by atoms with Crippen LogP contribution in [0.4, 0.5) is 0 Å². The second-order valence-electron chi connectivity index (χ2n) is 5.02. The van der Waals surface area contributed by atoms with Gasteiger partial charge in [-0.3, -0.25) is 0 Å². The van der Waals surface area contributed by atoms with E-state index in [2.05, 4.69) is 0 Å². The van der Waals surface area contributed by atoms with Crippen LogP contribution in [0.2, 0.25) is 0 Å². The summed E-state index contributed by atoms with van der Waals surface area (Å²) < 4.78 is 23.2. The summed E-state index contributed by atoms with van der Waals surface area (Å²) in [5, 5.41) is 10.4. The molecule has 17 heavy (non-hydrogen) atoms. The average molecular weight is 254 g/mol. The summed E-state index contributed by atoms with van der Waals surface area (Å²) in [5.74, 6) is 0.109. The van der Waals surface area contributed by atoms with Gasteiger partial charge in [-0.1, -0.05) is 24.3 Å². The fourth-order valence-electron chi connectivity index (χ4n) is 2.48. The van der Waals surface area contributed by atoms with Gasteiger partial charge < -0.3 is 5.11 Å². The molecule has 2 rings (SSSR count). The monoisotopic (exact) mass is 254 g/mol. The highest BCUT2D eigenvalue weighted by Crippen LogP contribution is 2.27. The van der Waals surface area contributed by atoms with Crippen molar-refractivity contribution in [3.63, 3.8) is 0 Å². The Morgan fingerprint density at radius 3 is 2.71 bits per heavy atom. The number of hydrogen-bond donors (Lipinski definition) is 1. The largest absolute Gasteiger partial charge is 0.388 e. The minimum absolute atomic E-state index is 0.103.